The number of rotatable bonds is 4. The molecule has 154 valence electrons. The average Bonchev–Trinajstić information content (AvgIpc) is 3.13. The molecule has 0 spiro atoms. The predicted molar refractivity (Wildman–Crippen MR) is 117 cm³/mol. The zero-order valence-electron chi connectivity index (χ0n) is 17.3. The Morgan fingerprint density at radius 3 is 2.43 bits per heavy atom. The van der Waals surface area contributed by atoms with E-state index in [0.29, 0.717) is 22.9 Å². The molecule has 0 fully saturated rings. The summed E-state index contributed by atoms with van der Waals surface area (Å²) in [6.45, 7) is 8.20. The van der Waals surface area contributed by atoms with Crippen molar-refractivity contribution in [1.29, 1.82) is 0 Å². The first-order valence-electron chi connectivity index (χ1n) is 9.55. The smallest absolute Gasteiger partial charge is 0.261 e. The van der Waals surface area contributed by atoms with E-state index in [9.17, 15) is 8.42 Å². The summed E-state index contributed by atoms with van der Waals surface area (Å²) in [6.07, 6.45) is 3.43. The Kier molecular flexibility index (Phi) is 4.82. The van der Waals surface area contributed by atoms with Crippen molar-refractivity contribution in [2.24, 2.45) is 0 Å². The van der Waals surface area contributed by atoms with Gasteiger partial charge in [-0.1, -0.05) is 44.5 Å². The van der Waals surface area contributed by atoms with Gasteiger partial charge in [-0.15, -0.1) is 10.2 Å². The monoisotopic (exact) mass is 421 g/mol. The van der Waals surface area contributed by atoms with Crippen LogP contribution in [-0.4, -0.2) is 28.0 Å². The highest BCUT2D eigenvalue weighted by Gasteiger charge is 2.21. The topological polar surface area (TPSA) is 89.2 Å². The first-order chi connectivity index (χ1) is 14.1. The largest absolute Gasteiger partial charge is 0.279 e. The molecule has 0 aliphatic heterocycles. The van der Waals surface area contributed by atoms with Gasteiger partial charge in [-0.3, -0.25) is 9.12 Å². The second kappa shape index (κ2) is 7.21. The standard InChI is InChI=1S/C22H23N5O2S/c1-15-6-11-19(18(14-15)20-24-25-21-23-12-5-13-27(20)21)26-30(28,29)17-9-7-16(8-10-17)22(2,3)4/h5-14,26H,1-4H3. The lowest BCUT2D eigenvalue weighted by Crippen LogP contribution is -2.15. The maximum absolute atomic E-state index is 13.1. The van der Waals surface area contributed by atoms with Crippen LogP contribution in [0.4, 0.5) is 5.69 Å². The summed E-state index contributed by atoms with van der Waals surface area (Å²) in [5.74, 6) is 0.961. The molecule has 2 heterocycles. The van der Waals surface area contributed by atoms with Crippen molar-refractivity contribution in [2.75, 3.05) is 4.72 Å². The lowest BCUT2D eigenvalue weighted by Gasteiger charge is -2.19. The summed E-state index contributed by atoms with van der Waals surface area (Å²) in [7, 11) is -3.78. The zero-order chi connectivity index (χ0) is 21.5. The van der Waals surface area contributed by atoms with Gasteiger partial charge >= 0.3 is 0 Å². The second-order valence-corrected chi connectivity index (χ2v) is 9.92. The van der Waals surface area contributed by atoms with Crippen molar-refractivity contribution in [3.05, 3.63) is 72.1 Å². The zero-order valence-corrected chi connectivity index (χ0v) is 18.1. The summed E-state index contributed by atoms with van der Waals surface area (Å²) in [4.78, 5) is 4.38. The number of nitrogens with one attached hydrogen (secondary N) is 1. The van der Waals surface area contributed by atoms with E-state index in [0.717, 1.165) is 11.1 Å². The molecule has 0 atom stereocenters. The van der Waals surface area contributed by atoms with Crippen molar-refractivity contribution in [3.8, 4) is 11.4 Å². The number of benzene rings is 2. The predicted octanol–water partition coefficient (Wildman–Crippen LogP) is 4.20. The highest BCUT2D eigenvalue weighted by atomic mass is 32.2. The number of fused-ring (bicyclic) bond motifs is 1. The number of nitrogens with zero attached hydrogens (tertiary/aromatic N) is 4. The van der Waals surface area contributed by atoms with E-state index in [1.54, 1.807) is 41.1 Å². The van der Waals surface area contributed by atoms with Crippen LogP contribution in [0.5, 0.6) is 0 Å². The fourth-order valence-corrected chi connectivity index (χ4v) is 4.28. The van der Waals surface area contributed by atoms with Crippen LogP contribution in [0.2, 0.25) is 0 Å². The number of aryl methyl sites for hydroxylation is 1. The van der Waals surface area contributed by atoms with E-state index in [4.69, 9.17) is 0 Å². The van der Waals surface area contributed by atoms with Gasteiger partial charge in [0.15, 0.2) is 5.82 Å². The third-order valence-electron chi connectivity index (χ3n) is 4.88. The minimum atomic E-state index is -3.78. The van der Waals surface area contributed by atoms with Crippen LogP contribution in [0.3, 0.4) is 0 Å². The molecule has 1 N–H and O–H groups in total. The van der Waals surface area contributed by atoms with E-state index in [1.807, 2.05) is 31.2 Å². The van der Waals surface area contributed by atoms with Gasteiger partial charge in [-0.2, -0.15) is 0 Å². The Bertz CT molecular complexity index is 1320. The molecule has 0 aliphatic rings. The molecule has 30 heavy (non-hydrogen) atoms. The van der Waals surface area contributed by atoms with Crippen LogP contribution in [0, 0.1) is 6.92 Å². The number of anilines is 1. The Hall–Kier alpha value is -3.26. The van der Waals surface area contributed by atoms with Gasteiger partial charge < -0.3 is 0 Å². The van der Waals surface area contributed by atoms with Gasteiger partial charge in [0.2, 0.25) is 0 Å². The van der Waals surface area contributed by atoms with Crippen LogP contribution in [0.15, 0.2) is 65.8 Å². The molecule has 7 nitrogen and oxygen atoms in total. The molecular weight excluding hydrogens is 398 g/mol. The van der Waals surface area contributed by atoms with Gasteiger partial charge in [-0.05, 0) is 48.2 Å². The number of hydrogen-bond donors (Lipinski definition) is 1. The minimum absolute atomic E-state index is 0.0530. The molecule has 4 rings (SSSR count). The van der Waals surface area contributed by atoms with E-state index >= 15 is 0 Å². The van der Waals surface area contributed by atoms with E-state index in [-0.39, 0.29) is 10.3 Å². The Morgan fingerprint density at radius 2 is 1.73 bits per heavy atom. The van der Waals surface area contributed by atoms with Crippen molar-refractivity contribution in [2.45, 2.75) is 38.0 Å². The minimum Gasteiger partial charge on any atom is -0.279 e. The lowest BCUT2D eigenvalue weighted by atomic mass is 9.87. The maximum atomic E-state index is 13.1. The van der Waals surface area contributed by atoms with Crippen LogP contribution in [0.25, 0.3) is 17.2 Å². The summed E-state index contributed by atoms with van der Waals surface area (Å²) in [6, 6.07) is 14.2. The fraction of sp³-hybridized carbons (Fsp3) is 0.227. The van der Waals surface area contributed by atoms with Crippen molar-refractivity contribution in [1.82, 2.24) is 19.6 Å². The molecule has 0 saturated carbocycles. The first-order valence-corrected chi connectivity index (χ1v) is 11.0. The van der Waals surface area contributed by atoms with Gasteiger partial charge in [0.05, 0.1) is 10.6 Å². The molecule has 0 amide bonds. The third-order valence-corrected chi connectivity index (χ3v) is 6.26. The number of sulfonamides is 1. The maximum Gasteiger partial charge on any atom is 0.261 e. The average molecular weight is 422 g/mol. The molecule has 0 bridgehead atoms. The van der Waals surface area contributed by atoms with Crippen molar-refractivity contribution >= 4 is 21.5 Å². The molecular formula is C22H23N5O2S. The number of hydrogen-bond acceptors (Lipinski definition) is 5. The quantitative estimate of drug-likeness (QED) is 0.533. The normalized spacial score (nSPS) is 12.3. The summed E-state index contributed by atoms with van der Waals surface area (Å²) in [5, 5.41) is 8.30. The molecule has 0 radical (unpaired) electrons. The van der Waals surface area contributed by atoms with Crippen molar-refractivity contribution in [3.63, 3.8) is 0 Å². The summed E-state index contributed by atoms with van der Waals surface area (Å²) < 4.78 is 30.6. The number of aromatic nitrogens is 4. The van der Waals surface area contributed by atoms with E-state index in [1.165, 1.54) is 0 Å². The molecule has 0 unspecified atom stereocenters. The van der Waals surface area contributed by atoms with Gasteiger partial charge in [0, 0.05) is 18.0 Å². The highest BCUT2D eigenvalue weighted by Crippen LogP contribution is 2.30. The molecule has 4 aromatic rings. The Morgan fingerprint density at radius 1 is 1.00 bits per heavy atom. The highest BCUT2D eigenvalue weighted by molar-refractivity contribution is 7.92. The van der Waals surface area contributed by atoms with Crippen LogP contribution >= 0.6 is 0 Å². The van der Waals surface area contributed by atoms with E-state index in [2.05, 4.69) is 40.7 Å². The van der Waals surface area contributed by atoms with Crippen molar-refractivity contribution < 1.29 is 8.42 Å². The molecule has 8 heteroatoms. The molecule has 0 aliphatic carbocycles. The van der Waals surface area contributed by atoms with Gasteiger partial charge in [0.1, 0.15) is 0 Å². The van der Waals surface area contributed by atoms with Gasteiger partial charge in [0.25, 0.3) is 15.8 Å². The summed E-state index contributed by atoms with van der Waals surface area (Å²) in [5.41, 5.74) is 3.05. The Labute approximate surface area is 175 Å². The molecule has 2 aromatic carbocycles. The SMILES string of the molecule is Cc1ccc(NS(=O)(=O)c2ccc(C(C)(C)C)cc2)c(-c2nnc3ncccn23)c1. The molecule has 2 aromatic heterocycles. The third kappa shape index (κ3) is 3.78. The van der Waals surface area contributed by atoms with Crippen LogP contribution < -0.4 is 4.72 Å². The lowest BCUT2D eigenvalue weighted by molar-refractivity contribution is 0.587. The second-order valence-electron chi connectivity index (χ2n) is 8.24. The van der Waals surface area contributed by atoms with Crippen LogP contribution in [0.1, 0.15) is 31.9 Å². The van der Waals surface area contributed by atoms with Crippen LogP contribution in [-0.2, 0) is 15.4 Å². The fourth-order valence-electron chi connectivity index (χ4n) is 3.20. The Balaban J connectivity index is 1.75. The van der Waals surface area contributed by atoms with Gasteiger partial charge in [-0.25, -0.2) is 13.4 Å². The summed E-state index contributed by atoms with van der Waals surface area (Å²) >= 11 is 0. The first kappa shape index (κ1) is 20.0. The molecule has 0 saturated heterocycles. The van der Waals surface area contributed by atoms with E-state index < -0.39 is 10.0 Å².